The summed E-state index contributed by atoms with van der Waals surface area (Å²) >= 11 is 0. The highest BCUT2D eigenvalue weighted by atomic mass is 16.7. The van der Waals surface area contributed by atoms with Crippen molar-refractivity contribution >= 4 is 11.6 Å². The second kappa shape index (κ2) is 5.66. The highest BCUT2D eigenvalue weighted by molar-refractivity contribution is 5.92. The Morgan fingerprint density at radius 2 is 2.14 bits per heavy atom. The van der Waals surface area contributed by atoms with E-state index in [0.717, 1.165) is 5.69 Å². The van der Waals surface area contributed by atoms with E-state index in [0.29, 0.717) is 23.1 Å². The molecule has 0 spiro atoms. The molecule has 0 atom stereocenters. The van der Waals surface area contributed by atoms with Crippen molar-refractivity contribution < 1.29 is 19.0 Å². The zero-order valence-electron chi connectivity index (χ0n) is 11.3. The first-order chi connectivity index (χ1) is 10.2. The molecule has 0 bridgehead atoms. The molecule has 0 aliphatic carbocycles. The van der Waals surface area contributed by atoms with Crippen molar-refractivity contribution in [2.45, 2.75) is 6.92 Å². The number of hydrogen-bond acceptors (Lipinski definition) is 6. The maximum Gasteiger partial charge on any atom is 0.262 e. The van der Waals surface area contributed by atoms with Crippen LogP contribution in [0.3, 0.4) is 0 Å². The van der Waals surface area contributed by atoms with Crippen LogP contribution in [-0.2, 0) is 4.79 Å². The van der Waals surface area contributed by atoms with Gasteiger partial charge in [0.05, 0.1) is 0 Å². The number of aromatic nitrogens is 2. The number of rotatable bonds is 4. The first-order valence-corrected chi connectivity index (χ1v) is 6.32. The number of carbonyl (C=O) groups excluding carboxylic acids is 1. The highest BCUT2D eigenvalue weighted by Crippen LogP contribution is 2.34. The van der Waals surface area contributed by atoms with E-state index in [1.54, 1.807) is 24.3 Å². The second-order valence-corrected chi connectivity index (χ2v) is 4.40. The molecule has 0 saturated carbocycles. The van der Waals surface area contributed by atoms with Crippen LogP contribution in [0.1, 0.15) is 5.69 Å². The van der Waals surface area contributed by atoms with Crippen molar-refractivity contribution in [3.8, 4) is 17.4 Å². The minimum Gasteiger partial charge on any atom is -0.467 e. The molecule has 0 saturated heterocycles. The molecule has 3 rings (SSSR count). The van der Waals surface area contributed by atoms with Crippen molar-refractivity contribution in [3.63, 3.8) is 0 Å². The molecule has 1 aromatic heterocycles. The number of aryl methyl sites for hydroxylation is 1. The average molecular weight is 287 g/mol. The molecule has 1 amide bonds. The fourth-order valence-corrected chi connectivity index (χ4v) is 1.82. The van der Waals surface area contributed by atoms with Gasteiger partial charge in [-0.3, -0.25) is 4.79 Å². The lowest BCUT2D eigenvalue weighted by atomic mass is 10.3. The first-order valence-electron chi connectivity index (χ1n) is 6.32. The minimum absolute atomic E-state index is 0.134. The summed E-state index contributed by atoms with van der Waals surface area (Å²) in [6.45, 7) is 1.88. The SMILES string of the molecule is Cc1cc(OCC(=O)Nc2ccc3c(c2)OCO3)ncn1. The molecule has 2 heterocycles. The second-order valence-electron chi connectivity index (χ2n) is 4.40. The molecule has 7 heteroatoms. The zero-order valence-corrected chi connectivity index (χ0v) is 11.3. The van der Waals surface area contributed by atoms with Crippen LogP contribution in [0.25, 0.3) is 0 Å². The molecule has 0 unspecified atom stereocenters. The van der Waals surface area contributed by atoms with Crippen LogP contribution in [0.5, 0.6) is 17.4 Å². The van der Waals surface area contributed by atoms with Gasteiger partial charge < -0.3 is 19.5 Å². The van der Waals surface area contributed by atoms with Crippen LogP contribution >= 0.6 is 0 Å². The Labute approximate surface area is 120 Å². The minimum atomic E-state index is -0.287. The van der Waals surface area contributed by atoms with Gasteiger partial charge in [-0.2, -0.15) is 0 Å². The summed E-state index contributed by atoms with van der Waals surface area (Å²) in [6.07, 6.45) is 1.39. The standard InChI is InChI=1S/C14H13N3O4/c1-9-4-14(16-7-15-9)19-6-13(18)17-10-2-3-11-12(5-10)21-8-20-11/h2-5,7H,6,8H2,1H3,(H,17,18). The van der Waals surface area contributed by atoms with Gasteiger partial charge in [0, 0.05) is 23.5 Å². The number of fused-ring (bicyclic) bond motifs is 1. The van der Waals surface area contributed by atoms with E-state index in [-0.39, 0.29) is 19.3 Å². The normalized spacial score (nSPS) is 12.0. The van der Waals surface area contributed by atoms with Crippen LogP contribution in [0.2, 0.25) is 0 Å². The molecule has 1 aromatic carbocycles. The van der Waals surface area contributed by atoms with Gasteiger partial charge in [-0.1, -0.05) is 0 Å². The average Bonchev–Trinajstić information content (AvgIpc) is 2.93. The topological polar surface area (TPSA) is 82.6 Å². The van der Waals surface area contributed by atoms with Gasteiger partial charge in [-0.15, -0.1) is 0 Å². The Morgan fingerprint density at radius 3 is 3.00 bits per heavy atom. The van der Waals surface area contributed by atoms with Gasteiger partial charge in [0.1, 0.15) is 6.33 Å². The maximum atomic E-state index is 11.8. The van der Waals surface area contributed by atoms with E-state index in [1.807, 2.05) is 6.92 Å². The van der Waals surface area contributed by atoms with E-state index in [2.05, 4.69) is 15.3 Å². The third-order valence-electron chi connectivity index (χ3n) is 2.79. The monoisotopic (exact) mass is 287 g/mol. The quantitative estimate of drug-likeness (QED) is 0.918. The molecule has 2 aromatic rings. The van der Waals surface area contributed by atoms with Gasteiger partial charge in [0.15, 0.2) is 18.1 Å². The summed E-state index contributed by atoms with van der Waals surface area (Å²) in [7, 11) is 0. The number of benzene rings is 1. The maximum absolute atomic E-state index is 11.8. The fraction of sp³-hybridized carbons (Fsp3) is 0.214. The third-order valence-corrected chi connectivity index (χ3v) is 2.79. The zero-order chi connectivity index (χ0) is 14.7. The summed E-state index contributed by atoms with van der Waals surface area (Å²) in [5.41, 5.74) is 1.39. The summed E-state index contributed by atoms with van der Waals surface area (Å²) in [5, 5.41) is 2.71. The van der Waals surface area contributed by atoms with Crippen LogP contribution in [-0.4, -0.2) is 29.3 Å². The largest absolute Gasteiger partial charge is 0.467 e. The number of hydrogen-bond donors (Lipinski definition) is 1. The molecular weight excluding hydrogens is 274 g/mol. The Hall–Kier alpha value is -2.83. The van der Waals surface area contributed by atoms with Crippen LogP contribution in [0, 0.1) is 6.92 Å². The number of carbonyl (C=O) groups is 1. The third kappa shape index (κ3) is 3.19. The number of amides is 1. The molecule has 7 nitrogen and oxygen atoms in total. The number of ether oxygens (including phenoxy) is 3. The lowest BCUT2D eigenvalue weighted by Gasteiger charge is -2.07. The highest BCUT2D eigenvalue weighted by Gasteiger charge is 2.14. The van der Waals surface area contributed by atoms with E-state index < -0.39 is 0 Å². The van der Waals surface area contributed by atoms with Crippen molar-refractivity contribution in [1.82, 2.24) is 9.97 Å². The van der Waals surface area contributed by atoms with E-state index >= 15 is 0 Å². The molecule has 1 aliphatic rings. The van der Waals surface area contributed by atoms with Gasteiger partial charge in [-0.05, 0) is 19.1 Å². The van der Waals surface area contributed by atoms with Crippen molar-refractivity contribution in [2.24, 2.45) is 0 Å². The van der Waals surface area contributed by atoms with Crippen molar-refractivity contribution in [1.29, 1.82) is 0 Å². The Morgan fingerprint density at radius 1 is 1.29 bits per heavy atom. The number of anilines is 1. The lowest BCUT2D eigenvalue weighted by Crippen LogP contribution is -2.20. The Bertz CT molecular complexity index is 675. The van der Waals surface area contributed by atoms with Gasteiger partial charge in [0.2, 0.25) is 12.7 Å². The summed E-state index contributed by atoms with van der Waals surface area (Å²) in [4.78, 5) is 19.7. The van der Waals surface area contributed by atoms with Crippen LogP contribution in [0.4, 0.5) is 5.69 Å². The van der Waals surface area contributed by atoms with Gasteiger partial charge in [-0.25, -0.2) is 9.97 Å². The lowest BCUT2D eigenvalue weighted by molar-refractivity contribution is -0.118. The molecule has 0 radical (unpaired) electrons. The van der Waals surface area contributed by atoms with Crippen LogP contribution < -0.4 is 19.5 Å². The van der Waals surface area contributed by atoms with Gasteiger partial charge >= 0.3 is 0 Å². The smallest absolute Gasteiger partial charge is 0.262 e. The molecular formula is C14H13N3O4. The molecule has 0 fully saturated rings. The predicted molar refractivity (Wildman–Crippen MR) is 73.5 cm³/mol. The van der Waals surface area contributed by atoms with Gasteiger partial charge in [0.25, 0.3) is 5.91 Å². The molecule has 21 heavy (non-hydrogen) atoms. The first kappa shape index (κ1) is 13.2. The van der Waals surface area contributed by atoms with Crippen molar-refractivity contribution in [3.05, 3.63) is 36.3 Å². The molecule has 1 N–H and O–H groups in total. The van der Waals surface area contributed by atoms with Crippen molar-refractivity contribution in [2.75, 3.05) is 18.7 Å². The molecule has 1 aliphatic heterocycles. The Balaban J connectivity index is 1.57. The number of nitrogens with one attached hydrogen (secondary N) is 1. The molecule has 108 valence electrons. The summed E-state index contributed by atoms with van der Waals surface area (Å²) in [5.74, 6) is 1.36. The summed E-state index contributed by atoms with van der Waals surface area (Å²) in [6, 6.07) is 6.84. The van der Waals surface area contributed by atoms with E-state index in [9.17, 15) is 4.79 Å². The predicted octanol–water partition coefficient (Wildman–Crippen LogP) is 1.53. The van der Waals surface area contributed by atoms with E-state index in [4.69, 9.17) is 14.2 Å². The summed E-state index contributed by atoms with van der Waals surface area (Å²) < 4.78 is 15.7. The number of nitrogens with zero attached hydrogens (tertiary/aromatic N) is 2. The fourth-order valence-electron chi connectivity index (χ4n) is 1.82. The Kier molecular flexibility index (Phi) is 3.55. The van der Waals surface area contributed by atoms with Crippen LogP contribution in [0.15, 0.2) is 30.6 Å². The van der Waals surface area contributed by atoms with E-state index in [1.165, 1.54) is 6.33 Å².